The van der Waals surface area contributed by atoms with Gasteiger partial charge >= 0.3 is 11.9 Å². The summed E-state index contributed by atoms with van der Waals surface area (Å²) in [5.41, 5.74) is 3.23. The Kier molecular flexibility index (Phi) is 6.11. The molecule has 2 aromatic rings. The monoisotopic (exact) mass is 397 g/mol. The minimum absolute atomic E-state index is 0.197. The van der Waals surface area contributed by atoms with Gasteiger partial charge in [-0.25, -0.2) is 14.2 Å². The van der Waals surface area contributed by atoms with Crippen LogP contribution in [-0.2, 0) is 19.1 Å². The van der Waals surface area contributed by atoms with Gasteiger partial charge in [0.25, 0.3) is 0 Å². The summed E-state index contributed by atoms with van der Waals surface area (Å²) in [7, 11) is 0. The lowest BCUT2D eigenvalue weighted by molar-refractivity contribution is -0.139. The number of carbonyl (C=O) groups is 2. The minimum Gasteiger partial charge on any atom is -0.463 e. The van der Waals surface area contributed by atoms with Crippen molar-refractivity contribution in [2.75, 3.05) is 13.2 Å². The Morgan fingerprint density at radius 3 is 2.03 bits per heavy atom. The van der Waals surface area contributed by atoms with Gasteiger partial charge in [0.1, 0.15) is 11.4 Å². The molecule has 0 amide bonds. The molecule has 0 radical (unpaired) electrons. The first-order chi connectivity index (χ1) is 14.0. The zero-order chi connectivity index (χ0) is 21.0. The fourth-order valence-electron chi connectivity index (χ4n) is 3.41. The van der Waals surface area contributed by atoms with Crippen LogP contribution in [0.4, 0.5) is 0 Å². The van der Waals surface area contributed by atoms with Crippen molar-refractivity contribution in [2.45, 2.75) is 33.6 Å². The Morgan fingerprint density at radius 2 is 1.52 bits per heavy atom. The normalized spacial score (nSPS) is 14.6. The first-order valence-electron chi connectivity index (χ1n) is 9.40. The van der Waals surface area contributed by atoms with Crippen molar-refractivity contribution >= 4 is 11.9 Å². The van der Waals surface area contributed by atoms with Crippen LogP contribution in [0.5, 0.6) is 0 Å². The molecule has 0 fully saturated rings. The van der Waals surface area contributed by atoms with E-state index in [0.717, 1.165) is 5.56 Å². The van der Waals surface area contributed by atoms with Gasteiger partial charge in [-0.15, -0.1) is 0 Å². The molecule has 3 rings (SSSR count). The van der Waals surface area contributed by atoms with Crippen LogP contribution in [0, 0.1) is 0 Å². The standard InChI is InChI=1S/C21H23N3O5/c1-5-27-20(25)15-12(3)22-13(4)16(21(26)28-6-2)17(15)19-18(23-29-24-19)14-10-8-7-9-11-14/h7-11,17,22H,5-6H2,1-4H3. The number of allylic oxidation sites excluding steroid dienone is 2. The molecule has 152 valence electrons. The van der Waals surface area contributed by atoms with Crippen LogP contribution < -0.4 is 5.32 Å². The van der Waals surface area contributed by atoms with E-state index in [1.54, 1.807) is 27.7 Å². The van der Waals surface area contributed by atoms with E-state index in [4.69, 9.17) is 14.1 Å². The van der Waals surface area contributed by atoms with Gasteiger partial charge in [-0.3, -0.25) is 0 Å². The molecule has 1 aromatic carbocycles. The fourth-order valence-corrected chi connectivity index (χ4v) is 3.41. The molecule has 2 heterocycles. The number of dihydropyridines is 1. The molecule has 0 aliphatic carbocycles. The lowest BCUT2D eigenvalue weighted by atomic mass is 9.81. The van der Waals surface area contributed by atoms with E-state index in [-0.39, 0.29) is 24.4 Å². The smallest absolute Gasteiger partial charge is 0.336 e. The zero-order valence-corrected chi connectivity index (χ0v) is 16.8. The van der Waals surface area contributed by atoms with E-state index >= 15 is 0 Å². The second-order valence-corrected chi connectivity index (χ2v) is 6.44. The number of hydrogen-bond acceptors (Lipinski definition) is 8. The van der Waals surface area contributed by atoms with Crippen LogP contribution in [0.25, 0.3) is 11.3 Å². The maximum Gasteiger partial charge on any atom is 0.336 e. The molecule has 1 aromatic heterocycles. The number of ether oxygens (including phenoxy) is 2. The number of benzene rings is 1. The quantitative estimate of drug-likeness (QED) is 0.742. The predicted octanol–water partition coefficient (Wildman–Crippen LogP) is 3.10. The molecule has 8 nitrogen and oxygen atoms in total. The third-order valence-electron chi connectivity index (χ3n) is 4.59. The first kappa shape index (κ1) is 20.3. The Bertz CT molecular complexity index is 935. The van der Waals surface area contributed by atoms with E-state index in [1.165, 1.54) is 0 Å². The van der Waals surface area contributed by atoms with E-state index in [1.807, 2.05) is 30.3 Å². The number of rotatable bonds is 6. The van der Waals surface area contributed by atoms with E-state index in [0.29, 0.717) is 22.8 Å². The molecule has 0 bridgehead atoms. The summed E-state index contributed by atoms with van der Waals surface area (Å²) in [6.07, 6.45) is 0. The molecular formula is C21H23N3O5. The number of aromatic nitrogens is 2. The summed E-state index contributed by atoms with van der Waals surface area (Å²) in [6, 6.07) is 9.30. The lowest BCUT2D eigenvalue weighted by Crippen LogP contribution is -2.33. The fraction of sp³-hybridized carbons (Fsp3) is 0.333. The maximum absolute atomic E-state index is 12.8. The second kappa shape index (κ2) is 8.72. The van der Waals surface area contributed by atoms with E-state index < -0.39 is 17.9 Å². The van der Waals surface area contributed by atoms with Gasteiger partial charge in [-0.2, -0.15) is 0 Å². The highest BCUT2D eigenvalue weighted by Crippen LogP contribution is 2.41. The van der Waals surface area contributed by atoms with Crippen molar-refractivity contribution in [3.63, 3.8) is 0 Å². The number of hydrogen-bond donors (Lipinski definition) is 1. The highest BCUT2D eigenvalue weighted by molar-refractivity contribution is 6.00. The van der Waals surface area contributed by atoms with Crippen molar-refractivity contribution in [1.82, 2.24) is 15.6 Å². The average Bonchev–Trinajstić information content (AvgIpc) is 3.17. The van der Waals surface area contributed by atoms with Gasteiger partial charge in [0.05, 0.1) is 30.3 Å². The second-order valence-electron chi connectivity index (χ2n) is 6.44. The molecule has 0 unspecified atom stereocenters. The summed E-state index contributed by atoms with van der Waals surface area (Å²) in [5.74, 6) is -1.92. The molecule has 1 N–H and O–H groups in total. The topological polar surface area (TPSA) is 104 Å². The van der Waals surface area contributed by atoms with Crippen LogP contribution in [0.1, 0.15) is 39.3 Å². The van der Waals surface area contributed by atoms with Crippen molar-refractivity contribution in [2.24, 2.45) is 0 Å². The Hall–Kier alpha value is -3.42. The Labute approximate surface area is 168 Å². The van der Waals surface area contributed by atoms with Gasteiger partial charge in [0, 0.05) is 17.0 Å². The molecule has 29 heavy (non-hydrogen) atoms. The van der Waals surface area contributed by atoms with Crippen LogP contribution in [-0.4, -0.2) is 35.5 Å². The predicted molar refractivity (Wildman–Crippen MR) is 104 cm³/mol. The molecule has 1 aliphatic heterocycles. The van der Waals surface area contributed by atoms with Gasteiger partial charge in [-0.1, -0.05) is 35.5 Å². The van der Waals surface area contributed by atoms with Crippen LogP contribution in [0.15, 0.2) is 57.5 Å². The SMILES string of the molecule is CCOC(=O)C1=C(C)NC(C)=C(C(=O)OCC)C1c1nonc1-c1ccccc1. The van der Waals surface area contributed by atoms with Gasteiger partial charge in [0.15, 0.2) is 0 Å². The van der Waals surface area contributed by atoms with Gasteiger partial charge < -0.3 is 14.8 Å². The van der Waals surface area contributed by atoms with Crippen molar-refractivity contribution in [3.05, 3.63) is 58.6 Å². The number of nitrogens with zero attached hydrogens (tertiary/aromatic N) is 2. The van der Waals surface area contributed by atoms with Crippen molar-refractivity contribution in [3.8, 4) is 11.3 Å². The molecule has 1 aliphatic rings. The van der Waals surface area contributed by atoms with Crippen LogP contribution in [0.2, 0.25) is 0 Å². The molecule has 0 saturated heterocycles. The molecule has 8 heteroatoms. The first-order valence-corrected chi connectivity index (χ1v) is 9.40. The molecule has 0 spiro atoms. The van der Waals surface area contributed by atoms with Crippen LogP contribution in [0.3, 0.4) is 0 Å². The third kappa shape index (κ3) is 3.91. The molecule has 0 atom stereocenters. The van der Waals surface area contributed by atoms with Crippen molar-refractivity contribution < 1.29 is 23.7 Å². The highest BCUT2D eigenvalue weighted by atomic mass is 16.6. The summed E-state index contributed by atoms with van der Waals surface area (Å²) in [5, 5.41) is 11.2. The highest BCUT2D eigenvalue weighted by Gasteiger charge is 2.41. The van der Waals surface area contributed by atoms with Crippen LogP contribution >= 0.6 is 0 Å². The lowest BCUT2D eigenvalue weighted by Gasteiger charge is -2.29. The Morgan fingerprint density at radius 1 is 0.966 bits per heavy atom. The molecule has 0 saturated carbocycles. The zero-order valence-electron chi connectivity index (χ0n) is 16.8. The number of nitrogens with one attached hydrogen (secondary N) is 1. The van der Waals surface area contributed by atoms with Crippen molar-refractivity contribution in [1.29, 1.82) is 0 Å². The minimum atomic E-state index is -0.837. The van der Waals surface area contributed by atoms with E-state index in [9.17, 15) is 9.59 Å². The number of carbonyl (C=O) groups excluding carboxylic acids is 2. The Balaban J connectivity index is 2.21. The summed E-state index contributed by atoms with van der Waals surface area (Å²) < 4.78 is 15.5. The molecular weight excluding hydrogens is 374 g/mol. The maximum atomic E-state index is 12.8. The van der Waals surface area contributed by atoms with Gasteiger partial charge in [-0.05, 0) is 32.9 Å². The summed E-state index contributed by atoms with van der Waals surface area (Å²) in [4.78, 5) is 25.6. The van der Waals surface area contributed by atoms with Gasteiger partial charge in [0.2, 0.25) is 0 Å². The largest absolute Gasteiger partial charge is 0.463 e. The summed E-state index contributed by atoms with van der Waals surface area (Å²) >= 11 is 0. The van der Waals surface area contributed by atoms with E-state index in [2.05, 4.69) is 15.6 Å². The average molecular weight is 397 g/mol. The number of esters is 2. The third-order valence-corrected chi connectivity index (χ3v) is 4.59. The summed E-state index contributed by atoms with van der Waals surface area (Å²) in [6.45, 7) is 7.34.